The molecular formula is C17H20N4O2. The summed E-state index contributed by atoms with van der Waals surface area (Å²) >= 11 is 0. The summed E-state index contributed by atoms with van der Waals surface area (Å²) in [6.07, 6.45) is 2.94. The first kappa shape index (κ1) is 16.5. The van der Waals surface area contributed by atoms with E-state index < -0.39 is 5.91 Å². The van der Waals surface area contributed by atoms with Gasteiger partial charge in [-0.15, -0.1) is 0 Å². The molecule has 23 heavy (non-hydrogen) atoms. The van der Waals surface area contributed by atoms with Crippen molar-refractivity contribution in [2.45, 2.75) is 20.8 Å². The molecule has 0 saturated carbocycles. The molecule has 0 bridgehead atoms. The second-order valence-corrected chi connectivity index (χ2v) is 5.46. The van der Waals surface area contributed by atoms with Crippen molar-refractivity contribution in [2.75, 3.05) is 17.2 Å². The van der Waals surface area contributed by atoms with Crippen molar-refractivity contribution >= 4 is 23.2 Å². The molecule has 0 atom stereocenters. The Balaban J connectivity index is 2.06. The molecule has 1 aromatic carbocycles. The summed E-state index contributed by atoms with van der Waals surface area (Å²) in [6.45, 7) is 5.93. The van der Waals surface area contributed by atoms with Crippen molar-refractivity contribution < 1.29 is 9.59 Å². The van der Waals surface area contributed by atoms with Crippen LogP contribution in [0.5, 0.6) is 0 Å². The summed E-state index contributed by atoms with van der Waals surface area (Å²) < 4.78 is 0. The van der Waals surface area contributed by atoms with Gasteiger partial charge in [0.15, 0.2) is 0 Å². The highest BCUT2D eigenvalue weighted by molar-refractivity contribution is 6.00. The summed E-state index contributed by atoms with van der Waals surface area (Å²) in [7, 11) is 0. The molecular weight excluding hydrogens is 292 g/mol. The van der Waals surface area contributed by atoms with E-state index in [9.17, 15) is 9.59 Å². The summed E-state index contributed by atoms with van der Waals surface area (Å²) in [4.78, 5) is 27.4. The third kappa shape index (κ3) is 4.06. The predicted octanol–water partition coefficient (Wildman–Crippen LogP) is 2.16. The molecule has 0 aliphatic heterocycles. The van der Waals surface area contributed by atoms with E-state index in [0.717, 1.165) is 22.4 Å². The molecule has 1 aromatic heterocycles. The summed E-state index contributed by atoms with van der Waals surface area (Å²) in [6, 6.07) is 5.54. The number of nitrogens with zero attached hydrogens (tertiary/aromatic N) is 1. The maximum Gasteiger partial charge on any atom is 0.250 e. The van der Waals surface area contributed by atoms with Gasteiger partial charge in [-0.05, 0) is 38.0 Å². The summed E-state index contributed by atoms with van der Waals surface area (Å²) in [5, 5.41) is 5.78. The number of primary amides is 1. The smallest absolute Gasteiger partial charge is 0.250 e. The Morgan fingerprint density at radius 2 is 1.83 bits per heavy atom. The Kier molecular flexibility index (Phi) is 4.95. The lowest BCUT2D eigenvalue weighted by atomic mass is 10.1. The van der Waals surface area contributed by atoms with Crippen molar-refractivity contribution in [3.63, 3.8) is 0 Å². The van der Waals surface area contributed by atoms with E-state index in [1.165, 1.54) is 18.5 Å². The van der Waals surface area contributed by atoms with Crippen molar-refractivity contribution in [1.29, 1.82) is 0 Å². The molecule has 0 fully saturated rings. The number of aryl methyl sites for hydroxylation is 3. The van der Waals surface area contributed by atoms with Crippen LogP contribution >= 0.6 is 0 Å². The minimum atomic E-state index is -0.569. The van der Waals surface area contributed by atoms with Crippen LogP contribution in [-0.2, 0) is 4.79 Å². The number of hydrogen-bond donors (Lipinski definition) is 3. The van der Waals surface area contributed by atoms with Gasteiger partial charge in [-0.3, -0.25) is 14.6 Å². The van der Waals surface area contributed by atoms with Crippen LogP contribution in [-0.4, -0.2) is 23.3 Å². The third-order valence-corrected chi connectivity index (χ3v) is 3.47. The van der Waals surface area contributed by atoms with Gasteiger partial charge < -0.3 is 16.4 Å². The molecule has 2 aromatic rings. The fourth-order valence-corrected chi connectivity index (χ4v) is 2.49. The molecule has 0 unspecified atom stereocenters. The molecule has 120 valence electrons. The molecule has 4 N–H and O–H groups in total. The molecule has 1 heterocycles. The zero-order valence-corrected chi connectivity index (χ0v) is 13.4. The number of carbonyl (C=O) groups is 2. The number of nitrogens with two attached hydrogens (primary N) is 1. The highest BCUT2D eigenvalue weighted by Crippen LogP contribution is 2.21. The number of pyridine rings is 1. The number of rotatable bonds is 5. The lowest BCUT2D eigenvalue weighted by molar-refractivity contribution is -0.114. The zero-order valence-electron chi connectivity index (χ0n) is 13.4. The maximum absolute atomic E-state index is 12.1. The average molecular weight is 312 g/mol. The predicted molar refractivity (Wildman–Crippen MR) is 90.5 cm³/mol. The van der Waals surface area contributed by atoms with Crippen LogP contribution in [0, 0.1) is 20.8 Å². The van der Waals surface area contributed by atoms with E-state index in [1.807, 2.05) is 32.9 Å². The van der Waals surface area contributed by atoms with Gasteiger partial charge in [0.2, 0.25) is 5.91 Å². The van der Waals surface area contributed by atoms with E-state index in [-0.39, 0.29) is 12.5 Å². The molecule has 6 heteroatoms. The lowest BCUT2D eigenvalue weighted by Crippen LogP contribution is -2.24. The molecule has 0 spiro atoms. The molecule has 0 saturated heterocycles. The molecule has 6 nitrogen and oxygen atoms in total. The summed E-state index contributed by atoms with van der Waals surface area (Å²) in [5.74, 6) is -0.778. The van der Waals surface area contributed by atoms with Crippen LogP contribution in [0.1, 0.15) is 27.0 Å². The van der Waals surface area contributed by atoms with Crippen LogP contribution in [0.3, 0.4) is 0 Å². The number of anilines is 2. The van der Waals surface area contributed by atoms with E-state index in [4.69, 9.17) is 5.73 Å². The van der Waals surface area contributed by atoms with Crippen molar-refractivity contribution in [1.82, 2.24) is 4.98 Å². The van der Waals surface area contributed by atoms with Gasteiger partial charge in [-0.25, -0.2) is 0 Å². The second kappa shape index (κ2) is 6.91. The normalized spacial score (nSPS) is 10.2. The molecule has 2 rings (SSSR count). The van der Waals surface area contributed by atoms with Gasteiger partial charge in [0.05, 0.1) is 24.0 Å². The number of benzene rings is 1. The van der Waals surface area contributed by atoms with E-state index in [1.54, 1.807) is 0 Å². The molecule has 0 radical (unpaired) electrons. The quantitative estimate of drug-likeness (QED) is 0.788. The molecule has 0 aliphatic carbocycles. The minimum absolute atomic E-state index is 0.0126. The second-order valence-electron chi connectivity index (χ2n) is 5.46. The largest absolute Gasteiger partial charge is 0.374 e. The SMILES string of the molecule is Cc1cc(C)c(NC(=O)CNc2cnccc2C(N)=O)c(C)c1. The van der Waals surface area contributed by atoms with Gasteiger partial charge >= 0.3 is 0 Å². The highest BCUT2D eigenvalue weighted by Gasteiger charge is 2.11. The van der Waals surface area contributed by atoms with Crippen LogP contribution in [0.4, 0.5) is 11.4 Å². The average Bonchev–Trinajstić information content (AvgIpc) is 2.49. The minimum Gasteiger partial charge on any atom is -0.374 e. The van der Waals surface area contributed by atoms with Gasteiger partial charge in [0, 0.05) is 11.9 Å². The topological polar surface area (TPSA) is 97.1 Å². The van der Waals surface area contributed by atoms with Crippen LogP contribution in [0.15, 0.2) is 30.6 Å². The van der Waals surface area contributed by atoms with Crippen LogP contribution in [0.25, 0.3) is 0 Å². The van der Waals surface area contributed by atoms with Crippen LogP contribution in [0.2, 0.25) is 0 Å². The van der Waals surface area contributed by atoms with Crippen LogP contribution < -0.4 is 16.4 Å². The number of hydrogen-bond acceptors (Lipinski definition) is 4. The Morgan fingerprint density at radius 3 is 2.43 bits per heavy atom. The standard InChI is InChI=1S/C17H20N4O2/c1-10-6-11(2)16(12(3)7-10)21-15(22)9-20-14-8-19-5-4-13(14)17(18)23/h4-8,20H,9H2,1-3H3,(H2,18,23)(H,21,22). The maximum atomic E-state index is 12.1. The first-order valence-corrected chi connectivity index (χ1v) is 7.24. The number of amides is 2. The van der Waals surface area contributed by atoms with E-state index in [2.05, 4.69) is 15.6 Å². The van der Waals surface area contributed by atoms with Gasteiger partial charge in [0.25, 0.3) is 5.91 Å². The van der Waals surface area contributed by atoms with Crippen molar-refractivity contribution in [3.8, 4) is 0 Å². The molecule has 0 aliphatic rings. The first-order chi connectivity index (χ1) is 10.9. The van der Waals surface area contributed by atoms with Gasteiger partial charge in [-0.1, -0.05) is 17.7 Å². The fourth-order valence-electron chi connectivity index (χ4n) is 2.49. The number of carbonyl (C=O) groups excluding carboxylic acids is 2. The Bertz CT molecular complexity index is 733. The van der Waals surface area contributed by atoms with E-state index >= 15 is 0 Å². The lowest BCUT2D eigenvalue weighted by Gasteiger charge is -2.14. The molecule has 2 amide bonds. The highest BCUT2D eigenvalue weighted by atomic mass is 16.2. The van der Waals surface area contributed by atoms with E-state index in [0.29, 0.717) is 11.3 Å². The van der Waals surface area contributed by atoms with Crippen molar-refractivity contribution in [2.24, 2.45) is 5.73 Å². The third-order valence-electron chi connectivity index (χ3n) is 3.47. The monoisotopic (exact) mass is 312 g/mol. The number of nitrogens with one attached hydrogen (secondary N) is 2. The fraction of sp³-hybridized carbons (Fsp3) is 0.235. The Hall–Kier alpha value is -2.89. The van der Waals surface area contributed by atoms with Gasteiger partial charge in [0.1, 0.15) is 0 Å². The Labute approximate surface area is 135 Å². The summed E-state index contributed by atoms with van der Waals surface area (Å²) in [5.41, 5.74) is 10.0. The Morgan fingerprint density at radius 1 is 1.17 bits per heavy atom. The first-order valence-electron chi connectivity index (χ1n) is 7.24. The zero-order chi connectivity index (χ0) is 17.0. The number of aromatic nitrogens is 1. The van der Waals surface area contributed by atoms with Gasteiger partial charge in [-0.2, -0.15) is 0 Å². The van der Waals surface area contributed by atoms with Crippen molar-refractivity contribution in [3.05, 3.63) is 52.8 Å².